The van der Waals surface area contributed by atoms with E-state index >= 15 is 0 Å². The monoisotopic (exact) mass is 322 g/mol. The van der Waals surface area contributed by atoms with Crippen LogP contribution in [0.4, 0.5) is 4.39 Å². The van der Waals surface area contributed by atoms with Crippen molar-refractivity contribution in [2.24, 2.45) is 0 Å². The molecular formula is C16H19FN2O2S. The first-order valence-electron chi connectivity index (χ1n) is 7.51. The second-order valence-corrected chi connectivity index (χ2v) is 6.79. The van der Waals surface area contributed by atoms with Crippen molar-refractivity contribution in [3.63, 3.8) is 0 Å². The van der Waals surface area contributed by atoms with E-state index in [9.17, 15) is 14.0 Å². The molecule has 2 saturated heterocycles. The predicted octanol–water partition coefficient (Wildman–Crippen LogP) is 2.27. The molecule has 6 heteroatoms. The number of hydrogen-bond donors (Lipinski definition) is 0. The molecule has 2 heterocycles. The Hall–Kier alpha value is -1.56. The molecule has 2 amide bonds. The molecule has 3 rings (SSSR count). The van der Waals surface area contributed by atoms with Gasteiger partial charge in [0.05, 0.1) is 5.88 Å². The molecule has 22 heavy (non-hydrogen) atoms. The molecule has 0 aliphatic carbocycles. The zero-order chi connectivity index (χ0) is 15.7. The van der Waals surface area contributed by atoms with Gasteiger partial charge in [-0.25, -0.2) is 4.39 Å². The highest BCUT2D eigenvalue weighted by atomic mass is 32.2. The Kier molecular flexibility index (Phi) is 4.38. The van der Waals surface area contributed by atoms with E-state index in [1.54, 1.807) is 35.7 Å². The highest BCUT2D eigenvalue weighted by Gasteiger charge is 2.38. The molecule has 0 spiro atoms. The Morgan fingerprint density at radius 2 is 2.00 bits per heavy atom. The number of rotatable bonds is 2. The summed E-state index contributed by atoms with van der Waals surface area (Å²) in [6, 6.07) is 4.07. The lowest BCUT2D eigenvalue weighted by Gasteiger charge is -2.27. The minimum Gasteiger partial charge on any atom is -0.341 e. The summed E-state index contributed by atoms with van der Waals surface area (Å²) in [6.45, 7) is 3.22. The van der Waals surface area contributed by atoms with Crippen LogP contribution in [0.15, 0.2) is 18.2 Å². The number of carbonyl (C=O) groups is 2. The van der Waals surface area contributed by atoms with Crippen LogP contribution in [-0.4, -0.2) is 52.4 Å². The molecule has 118 valence electrons. The highest BCUT2D eigenvalue weighted by molar-refractivity contribution is 7.99. The van der Waals surface area contributed by atoms with Crippen LogP contribution < -0.4 is 0 Å². The molecule has 2 aliphatic rings. The SMILES string of the molecule is Cc1ccc(C(=O)N2CSC[C@H]2C(=O)N2CCCC2)cc1F. The van der Waals surface area contributed by atoms with Gasteiger partial charge in [0.2, 0.25) is 5.91 Å². The molecule has 2 fully saturated rings. The number of carbonyl (C=O) groups excluding carboxylic acids is 2. The number of amides is 2. The molecule has 2 aliphatic heterocycles. The normalized spacial score (nSPS) is 21.5. The quantitative estimate of drug-likeness (QED) is 0.839. The summed E-state index contributed by atoms with van der Waals surface area (Å²) < 4.78 is 13.7. The third-order valence-corrected chi connectivity index (χ3v) is 5.28. The van der Waals surface area contributed by atoms with E-state index in [4.69, 9.17) is 0 Å². The summed E-state index contributed by atoms with van der Waals surface area (Å²) in [5, 5.41) is 0. The van der Waals surface area contributed by atoms with E-state index in [0.717, 1.165) is 25.9 Å². The zero-order valence-corrected chi connectivity index (χ0v) is 13.4. The maximum absolute atomic E-state index is 13.7. The number of aryl methyl sites for hydroxylation is 1. The van der Waals surface area contributed by atoms with Gasteiger partial charge in [-0.2, -0.15) is 0 Å². The molecule has 1 aromatic carbocycles. The summed E-state index contributed by atoms with van der Waals surface area (Å²) in [4.78, 5) is 28.6. The summed E-state index contributed by atoms with van der Waals surface area (Å²) >= 11 is 1.57. The lowest BCUT2D eigenvalue weighted by molar-refractivity contribution is -0.133. The first-order chi connectivity index (χ1) is 10.6. The van der Waals surface area contributed by atoms with Crippen molar-refractivity contribution >= 4 is 23.6 Å². The van der Waals surface area contributed by atoms with Crippen LogP contribution in [0.5, 0.6) is 0 Å². The standard InChI is InChI=1S/C16H19FN2O2S/c1-11-4-5-12(8-13(11)17)15(20)19-10-22-9-14(19)16(21)18-6-2-3-7-18/h4-5,8,14H,2-3,6-7,9-10H2,1H3/t14-/m0/s1. The zero-order valence-electron chi connectivity index (χ0n) is 12.5. The summed E-state index contributed by atoms with van der Waals surface area (Å²) in [5.74, 6) is 0.485. The Morgan fingerprint density at radius 3 is 2.68 bits per heavy atom. The van der Waals surface area contributed by atoms with Crippen molar-refractivity contribution in [2.75, 3.05) is 24.7 Å². The van der Waals surface area contributed by atoms with Crippen LogP contribution in [0, 0.1) is 12.7 Å². The maximum atomic E-state index is 13.7. The fourth-order valence-electron chi connectivity index (χ4n) is 2.89. The van der Waals surface area contributed by atoms with Crippen LogP contribution in [0.3, 0.4) is 0 Å². The summed E-state index contributed by atoms with van der Waals surface area (Å²) in [5.41, 5.74) is 0.821. The molecule has 0 radical (unpaired) electrons. The van der Waals surface area contributed by atoms with Crippen LogP contribution in [-0.2, 0) is 4.79 Å². The summed E-state index contributed by atoms with van der Waals surface area (Å²) in [7, 11) is 0. The molecule has 0 aromatic heterocycles. The van der Waals surface area contributed by atoms with Crippen molar-refractivity contribution in [3.8, 4) is 0 Å². The highest BCUT2D eigenvalue weighted by Crippen LogP contribution is 2.26. The van der Waals surface area contributed by atoms with Gasteiger partial charge in [0.25, 0.3) is 5.91 Å². The first kappa shape index (κ1) is 15.3. The molecule has 0 N–H and O–H groups in total. The summed E-state index contributed by atoms with van der Waals surface area (Å²) in [6.07, 6.45) is 2.06. The van der Waals surface area contributed by atoms with Gasteiger partial charge in [-0.05, 0) is 37.5 Å². The molecule has 0 unspecified atom stereocenters. The second kappa shape index (κ2) is 6.28. The van der Waals surface area contributed by atoms with E-state index in [-0.39, 0.29) is 17.6 Å². The Balaban J connectivity index is 1.78. The third kappa shape index (κ3) is 2.84. The Bertz CT molecular complexity index is 602. The topological polar surface area (TPSA) is 40.6 Å². The fraction of sp³-hybridized carbons (Fsp3) is 0.500. The number of thioether (sulfide) groups is 1. The van der Waals surface area contributed by atoms with Gasteiger partial charge in [-0.3, -0.25) is 9.59 Å². The molecule has 0 bridgehead atoms. The van der Waals surface area contributed by atoms with Crippen LogP contribution in [0.2, 0.25) is 0 Å². The molecule has 1 aromatic rings. The van der Waals surface area contributed by atoms with Crippen LogP contribution in [0.25, 0.3) is 0 Å². The Labute approximate surface area is 133 Å². The van der Waals surface area contributed by atoms with Gasteiger partial charge in [-0.1, -0.05) is 6.07 Å². The first-order valence-corrected chi connectivity index (χ1v) is 8.67. The van der Waals surface area contributed by atoms with Crippen molar-refractivity contribution in [1.29, 1.82) is 0 Å². The van der Waals surface area contributed by atoms with E-state index in [1.807, 2.05) is 4.90 Å². The largest absolute Gasteiger partial charge is 0.341 e. The smallest absolute Gasteiger partial charge is 0.255 e. The average Bonchev–Trinajstić information content (AvgIpc) is 3.19. The second-order valence-electron chi connectivity index (χ2n) is 5.79. The lowest BCUT2D eigenvalue weighted by atomic mass is 10.1. The molecule has 0 saturated carbocycles. The van der Waals surface area contributed by atoms with Crippen LogP contribution >= 0.6 is 11.8 Å². The predicted molar refractivity (Wildman–Crippen MR) is 84.2 cm³/mol. The van der Waals surface area contributed by atoms with Crippen LogP contribution in [0.1, 0.15) is 28.8 Å². The van der Waals surface area contributed by atoms with E-state index in [0.29, 0.717) is 22.8 Å². The number of nitrogens with zero attached hydrogens (tertiary/aromatic N) is 2. The van der Waals surface area contributed by atoms with Gasteiger partial charge in [0.15, 0.2) is 0 Å². The average molecular weight is 322 g/mol. The van der Waals surface area contributed by atoms with Crippen molar-refractivity contribution < 1.29 is 14.0 Å². The van der Waals surface area contributed by atoms with E-state index in [2.05, 4.69) is 0 Å². The molecule has 4 nitrogen and oxygen atoms in total. The van der Waals surface area contributed by atoms with Gasteiger partial charge < -0.3 is 9.80 Å². The molecule has 1 atom stereocenters. The van der Waals surface area contributed by atoms with Crippen molar-refractivity contribution in [1.82, 2.24) is 9.80 Å². The number of likely N-dealkylation sites (tertiary alicyclic amines) is 1. The minimum absolute atomic E-state index is 0.0310. The number of benzene rings is 1. The van der Waals surface area contributed by atoms with E-state index in [1.165, 1.54) is 6.07 Å². The number of halogens is 1. The fourth-order valence-corrected chi connectivity index (χ4v) is 4.03. The van der Waals surface area contributed by atoms with Gasteiger partial charge in [-0.15, -0.1) is 11.8 Å². The van der Waals surface area contributed by atoms with E-state index < -0.39 is 6.04 Å². The van der Waals surface area contributed by atoms with Gasteiger partial charge >= 0.3 is 0 Å². The number of hydrogen-bond acceptors (Lipinski definition) is 3. The Morgan fingerprint density at radius 1 is 1.27 bits per heavy atom. The molecular weight excluding hydrogens is 303 g/mol. The lowest BCUT2D eigenvalue weighted by Crippen LogP contribution is -2.48. The van der Waals surface area contributed by atoms with Crippen molar-refractivity contribution in [2.45, 2.75) is 25.8 Å². The third-order valence-electron chi connectivity index (χ3n) is 4.26. The van der Waals surface area contributed by atoms with Crippen molar-refractivity contribution in [3.05, 3.63) is 35.1 Å². The van der Waals surface area contributed by atoms with Gasteiger partial charge in [0, 0.05) is 24.4 Å². The van der Waals surface area contributed by atoms with Gasteiger partial charge in [0.1, 0.15) is 11.9 Å². The minimum atomic E-state index is -0.417. The maximum Gasteiger partial charge on any atom is 0.255 e.